The molecule has 3 aromatic rings. The van der Waals surface area contributed by atoms with Crippen LogP contribution in [-0.2, 0) is 0 Å². The van der Waals surface area contributed by atoms with Gasteiger partial charge in [-0.15, -0.1) is 0 Å². The Morgan fingerprint density at radius 1 is 1.12 bits per heavy atom. The number of aromatic nitrogens is 4. The van der Waals surface area contributed by atoms with Gasteiger partial charge in [-0.1, -0.05) is 12.1 Å². The number of Topliss-reactive ketones (excluding diaryl/α,β-unsaturated/α-hetero) is 1. The molecule has 7 heteroatoms. The molecule has 1 fully saturated rings. The smallest absolute Gasteiger partial charge is 0.170 e. The molecule has 1 saturated heterocycles. The second-order valence-corrected chi connectivity index (χ2v) is 6.78. The fourth-order valence-corrected chi connectivity index (χ4v) is 3.29. The standard InChI is InChI=1S/C19H22N6O/c1-13(26)15-5-4-6-16(11-15)25-12-20-17-18(21-14(2)22-19(17)25)24-9-7-23(3)8-10-24/h4-6,11-12H,7-10H2,1-3H3. The van der Waals surface area contributed by atoms with Crippen LogP contribution in [0.1, 0.15) is 23.1 Å². The van der Waals surface area contributed by atoms with Crippen molar-refractivity contribution in [3.63, 3.8) is 0 Å². The number of nitrogens with zero attached hydrogens (tertiary/aromatic N) is 6. The van der Waals surface area contributed by atoms with Gasteiger partial charge in [-0.05, 0) is 33.0 Å². The van der Waals surface area contributed by atoms with Crippen LogP contribution in [0.15, 0.2) is 30.6 Å². The Morgan fingerprint density at radius 3 is 2.62 bits per heavy atom. The lowest BCUT2D eigenvalue weighted by atomic mass is 10.1. The van der Waals surface area contributed by atoms with Crippen molar-refractivity contribution in [1.29, 1.82) is 0 Å². The molecule has 3 heterocycles. The summed E-state index contributed by atoms with van der Waals surface area (Å²) in [5, 5.41) is 0. The fraction of sp³-hybridized carbons (Fsp3) is 0.368. The highest BCUT2D eigenvalue weighted by molar-refractivity contribution is 5.94. The lowest BCUT2D eigenvalue weighted by Gasteiger charge is -2.33. The Hall–Kier alpha value is -2.80. The summed E-state index contributed by atoms with van der Waals surface area (Å²) >= 11 is 0. The van der Waals surface area contributed by atoms with Gasteiger partial charge in [0, 0.05) is 37.4 Å². The number of piperazine rings is 1. The third kappa shape index (κ3) is 2.94. The van der Waals surface area contributed by atoms with Gasteiger partial charge in [-0.2, -0.15) is 0 Å². The van der Waals surface area contributed by atoms with Crippen LogP contribution in [-0.4, -0.2) is 63.4 Å². The molecule has 1 aliphatic heterocycles. The number of carbonyl (C=O) groups excluding carboxylic acids is 1. The predicted octanol–water partition coefficient (Wildman–Crippen LogP) is 2.08. The van der Waals surface area contributed by atoms with Crippen LogP contribution in [0.3, 0.4) is 0 Å². The summed E-state index contributed by atoms with van der Waals surface area (Å²) in [4.78, 5) is 30.2. The number of fused-ring (bicyclic) bond motifs is 1. The van der Waals surface area contributed by atoms with E-state index < -0.39 is 0 Å². The van der Waals surface area contributed by atoms with Gasteiger partial charge < -0.3 is 9.80 Å². The molecule has 2 aromatic heterocycles. The van der Waals surface area contributed by atoms with E-state index in [1.807, 2.05) is 35.8 Å². The quantitative estimate of drug-likeness (QED) is 0.674. The van der Waals surface area contributed by atoms with Crippen molar-refractivity contribution in [2.75, 3.05) is 38.1 Å². The van der Waals surface area contributed by atoms with Gasteiger partial charge in [-0.25, -0.2) is 15.0 Å². The molecule has 0 bridgehead atoms. The SMILES string of the molecule is CC(=O)c1cccc(-n2cnc3c(N4CCN(C)CC4)nc(C)nc32)c1. The summed E-state index contributed by atoms with van der Waals surface area (Å²) in [6.07, 6.45) is 1.76. The second-order valence-electron chi connectivity index (χ2n) is 6.78. The first-order chi connectivity index (χ1) is 12.5. The zero-order valence-electron chi connectivity index (χ0n) is 15.3. The molecule has 0 aliphatic carbocycles. The number of rotatable bonds is 3. The second kappa shape index (κ2) is 6.49. The zero-order chi connectivity index (χ0) is 18.3. The van der Waals surface area contributed by atoms with E-state index in [-0.39, 0.29) is 5.78 Å². The molecule has 0 amide bonds. The van der Waals surface area contributed by atoms with Gasteiger partial charge >= 0.3 is 0 Å². The van der Waals surface area contributed by atoms with Crippen LogP contribution in [0.5, 0.6) is 0 Å². The lowest BCUT2D eigenvalue weighted by molar-refractivity contribution is 0.101. The number of hydrogen-bond donors (Lipinski definition) is 0. The van der Waals surface area contributed by atoms with E-state index in [1.165, 1.54) is 0 Å². The first-order valence-electron chi connectivity index (χ1n) is 8.79. The molecule has 0 saturated carbocycles. The van der Waals surface area contributed by atoms with Crippen LogP contribution in [0.25, 0.3) is 16.9 Å². The summed E-state index contributed by atoms with van der Waals surface area (Å²) in [5.74, 6) is 1.65. The Bertz CT molecular complexity index is 971. The van der Waals surface area contributed by atoms with Crippen molar-refractivity contribution >= 4 is 22.8 Å². The molecule has 1 aliphatic rings. The van der Waals surface area contributed by atoms with E-state index in [0.29, 0.717) is 5.56 Å². The average molecular weight is 350 g/mol. The summed E-state index contributed by atoms with van der Waals surface area (Å²) in [6.45, 7) is 7.34. The van der Waals surface area contributed by atoms with E-state index in [2.05, 4.69) is 31.8 Å². The molecule has 0 radical (unpaired) electrons. The molecule has 0 spiro atoms. The number of aryl methyl sites for hydroxylation is 1. The maximum Gasteiger partial charge on any atom is 0.170 e. The minimum atomic E-state index is 0.0419. The zero-order valence-corrected chi connectivity index (χ0v) is 15.3. The third-order valence-electron chi connectivity index (χ3n) is 4.82. The van der Waals surface area contributed by atoms with E-state index in [0.717, 1.165) is 54.7 Å². The lowest BCUT2D eigenvalue weighted by Crippen LogP contribution is -2.45. The maximum atomic E-state index is 11.7. The maximum absolute atomic E-state index is 11.7. The Labute approximate surface area is 152 Å². The summed E-state index contributed by atoms with van der Waals surface area (Å²) in [7, 11) is 2.13. The molecule has 0 N–H and O–H groups in total. The number of carbonyl (C=O) groups is 1. The highest BCUT2D eigenvalue weighted by Crippen LogP contribution is 2.26. The average Bonchev–Trinajstić information content (AvgIpc) is 3.05. The van der Waals surface area contributed by atoms with Crippen LogP contribution in [0.2, 0.25) is 0 Å². The Kier molecular flexibility index (Phi) is 4.16. The minimum absolute atomic E-state index is 0.0419. The number of likely N-dealkylation sites (N-methyl/N-ethyl adjacent to an activating group) is 1. The molecule has 7 nitrogen and oxygen atoms in total. The summed E-state index contributed by atoms with van der Waals surface area (Å²) < 4.78 is 1.93. The first-order valence-corrected chi connectivity index (χ1v) is 8.79. The van der Waals surface area contributed by atoms with Crippen molar-refractivity contribution in [2.24, 2.45) is 0 Å². The van der Waals surface area contributed by atoms with Crippen LogP contribution in [0, 0.1) is 6.92 Å². The monoisotopic (exact) mass is 350 g/mol. The first kappa shape index (κ1) is 16.7. The topological polar surface area (TPSA) is 67.2 Å². The largest absolute Gasteiger partial charge is 0.352 e. The van der Waals surface area contributed by atoms with Crippen molar-refractivity contribution in [2.45, 2.75) is 13.8 Å². The van der Waals surface area contributed by atoms with Gasteiger partial charge in [-0.3, -0.25) is 9.36 Å². The van der Waals surface area contributed by atoms with E-state index in [1.54, 1.807) is 13.3 Å². The highest BCUT2D eigenvalue weighted by Gasteiger charge is 2.21. The van der Waals surface area contributed by atoms with Crippen molar-refractivity contribution in [3.8, 4) is 5.69 Å². The summed E-state index contributed by atoms with van der Waals surface area (Å²) in [6, 6.07) is 7.53. The number of ketones is 1. The van der Waals surface area contributed by atoms with Gasteiger partial charge in [0.05, 0.1) is 0 Å². The van der Waals surface area contributed by atoms with E-state index in [9.17, 15) is 4.79 Å². The molecular weight excluding hydrogens is 328 g/mol. The van der Waals surface area contributed by atoms with Crippen LogP contribution >= 0.6 is 0 Å². The molecule has 1 aromatic carbocycles. The minimum Gasteiger partial charge on any atom is -0.352 e. The van der Waals surface area contributed by atoms with Crippen molar-refractivity contribution in [3.05, 3.63) is 42.0 Å². The van der Waals surface area contributed by atoms with Crippen molar-refractivity contribution < 1.29 is 4.79 Å². The number of hydrogen-bond acceptors (Lipinski definition) is 6. The normalized spacial score (nSPS) is 15.6. The van der Waals surface area contributed by atoms with Gasteiger partial charge in [0.15, 0.2) is 22.8 Å². The molecule has 26 heavy (non-hydrogen) atoms. The highest BCUT2D eigenvalue weighted by atomic mass is 16.1. The molecule has 0 atom stereocenters. The van der Waals surface area contributed by atoms with Crippen LogP contribution in [0.4, 0.5) is 5.82 Å². The Balaban J connectivity index is 1.81. The Morgan fingerprint density at radius 2 is 1.88 bits per heavy atom. The molecular formula is C19H22N6O. The van der Waals surface area contributed by atoms with E-state index in [4.69, 9.17) is 0 Å². The molecule has 134 valence electrons. The predicted molar refractivity (Wildman–Crippen MR) is 101 cm³/mol. The number of anilines is 1. The molecule has 4 rings (SSSR count). The number of benzene rings is 1. The molecule has 0 unspecified atom stereocenters. The van der Waals surface area contributed by atoms with Gasteiger partial charge in [0.1, 0.15) is 12.2 Å². The van der Waals surface area contributed by atoms with Crippen molar-refractivity contribution in [1.82, 2.24) is 24.4 Å². The van der Waals surface area contributed by atoms with E-state index >= 15 is 0 Å². The number of imidazole rings is 1. The summed E-state index contributed by atoms with van der Waals surface area (Å²) in [5.41, 5.74) is 3.12. The van der Waals surface area contributed by atoms with Crippen LogP contribution < -0.4 is 4.90 Å². The van der Waals surface area contributed by atoms with Gasteiger partial charge in [0.2, 0.25) is 0 Å². The third-order valence-corrected chi connectivity index (χ3v) is 4.82. The van der Waals surface area contributed by atoms with Gasteiger partial charge in [0.25, 0.3) is 0 Å². The fourth-order valence-electron chi connectivity index (χ4n) is 3.29.